The summed E-state index contributed by atoms with van der Waals surface area (Å²) < 4.78 is 5.99. The van der Waals surface area contributed by atoms with Crippen LogP contribution >= 0.6 is 0 Å². The molecule has 3 saturated heterocycles. The summed E-state index contributed by atoms with van der Waals surface area (Å²) >= 11 is 0. The van der Waals surface area contributed by atoms with Gasteiger partial charge in [0.05, 0.1) is 6.10 Å². The fourth-order valence-corrected chi connectivity index (χ4v) is 3.92. The van der Waals surface area contributed by atoms with Gasteiger partial charge in [0.1, 0.15) is 0 Å². The molecule has 0 spiro atoms. The van der Waals surface area contributed by atoms with Crippen LogP contribution in [0.2, 0.25) is 0 Å². The summed E-state index contributed by atoms with van der Waals surface area (Å²) in [6.07, 6.45) is 8.33. The topological polar surface area (TPSA) is 27.7 Å². The molecule has 0 saturated carbocycles. The van der Waals surface area contributed by atoms with Gasteiger partial charge in [0.2, 0.25) is 0 Å². The molecule has 20 heavy (non-hydrogen) atoms. The van der Waals surface area contributed by atoms with Gasteiger partial charge >= 0.3 is 0 Å². The van der Waals surface area contributed by atoms with Crippen LogP contribution in [0.5, 0.6) is 0 Å². The van der Waals surface area contributed by atoms with E-state index in [0.29, 0.717) is 6.10 Å². The maximum Gasteiger partial charge on any atom is 0.0599 e. The Hall–Kier alpha value is -0.160. The molecular weight excluding hydrogens is 250 g/mol. The lowest BCUT2D eigenvalue weighted by Gasteiger charge is -2.24. The van der Waals surface area contributed by atoms with Gasteiger partial charge in [-0.2, -0.15) is 0 Å². The second-order valence-electron chi connectivity index (χ2n) is 6.66. The fourth-order valence-electron chi connectivity index (χ4n) is 3.92. The van der Waals surface area contributed by atoms with Gasteiger partial charge in [-0.3, -0.25) is 4.90 Å². The Labute approximate surface area is 123 Å². The summed E-state index contributed by atoms with van der Waals surface area (Å²) in [5, 5.41) is 3.39. The van der Waals surface area contributed by atoms with E-state index >= 15 is 0 Å². The molecule has 0 bridgehead atoms. The lowest BCUT2D eigenvalue weighted by atomic mass is 10.1. The van der Waals surface area contributed by atoms with E-state index in [1.165, 1.54) is 71.2 Å². The Morgan fingerprint density at radius 1 is 1.00 bits per heavy atom. The first-order valence-electron chi connectivity index (χ1n) is 8.70. The zero-order chi connectivity index (χ0) is 13.6. The standard InChI is InChI=1S/C16H31N3O/c1-2-11-19(10-1)15-6-12-18(14-15)9-3-13-20-16-4-7-17-8-5-16/h15-17H,1-14H2. The van der Waals surface area contributed by atoms with Crippen LogP contribution in [-0.2, 0) is 4.74 Å². The summed E-state index contributed by atoms with van der Waals surface area (Å²) in [5.74, 6) is 0. The van der Waals surface area contributed by atoms with Crippen molar-refractivity contribution in [3.8, 4) is 0 Å². The van der Waals surface area contributed by atoms with E-state index in [0.717, 1.165) is 25.7 Å². The van der Waals surface area contributed by atoms with Crippen molar-refractivity contribution in [3.05, 3.63) is 0 Å². The predicted molar refractivity (Wildman–Crippen MR) is 82.1 cm³/mol. The van der Waals surface area contributed by atoms with Gasteiger partial charge in [0, 0.05) is 25.7 Å². The maximum absolute atomic E-state index is 5.99. The normalized spacial score (nSPS) is 30.3. The van der Waals surface area contributed by atoms with Crippen LogP contribution in [0.1, 0.15) is 38.5 Å². The highest BCUT2D eigenvalue weighted by molar-refractivity contribution is 4.85. The lowest BCUT2D eigenvalue weighted by molar-refractivity contribution is 0.0284. The van der Waals surface area contributed by atoms with Crippen molar-refractivity contribution < 1.29 is 4.74 Å². The molecule has 4 nitrogen and oxygen atoms in total. The Balaban J connectivity index is 1.25. The van der Waals surface area contributed by atoms with Gasteiger partial charge in [-0.25, -0.2) is 0 Å². The molecule has 1 N–H and O–H groups in total. The number of hydrogen-bond acceptors (Lipinski definition) is 4. The van der Waals surface area contributed by atoms with Gasteiger partial charge in [0.25, 0.3) is 0 Å². The van der Waals surface area contributed by atoms with E-state index in [4.69, 9.17) is 4.74 Å². The second-order valence-corrected chi connectivity index (χ2v) is 6.66. The van der Waals surface area contributed by atoms with Crippen molar-refractivity contribution in [2.24, 2.45) is 0 Å². The molecule has 3 fully saturated rings. The van der Waals surface area contributed by atoms with E-state index in [9.17, 15) is 0 Å². The van der Waals surface area contributed by atoms with Crippen molar-refractivity contribution in [2.75, 3.05) is 52.4 Å². The molecule has 0 radical (unpaired) electrons. The molecule has 0 aromatic heterocycles. The van der Waals surface area contributed by atoms with Crippen molar-refractivity contribution >= 4 is 0 Å². The second kappa shape index (κ2) is 7.74. The van der Waals surface area contributed by atoms with Gasteiger partial charge in [0.15, 0.2) is 0 Å². The van der Waals surface area contributed by atoms with E-state index in [1.54, 1.807) is 0 Å². The van der Waals surface area contributed by atoms with Crippen molar-refractivity contribution in [1.82, 2.24) is 15.1 Å². The van der Waals surface area contributed by atoms with Gasteiger partial charge in [-0.05, 0) is 71.2 Å². The Kier molecular flexibility index (Phi) is 5.71. The van der Waals surface area contributed by atoms with E-state index < -0.39 is 0 Å². The third kappa shape index (κ3) is 4.17. The van der Waals surface area contributed by atoms with Gasteiger partial charge in [-0.15, -0.1) is 0 Å². The number of rotatable bonds is 6. The monoisotopic (exact) mass is 281 g/mol. The molecule has 3 rings (SSSR count). The first-order valence-corrected chi connectivity index (χ1v) is 8.70. The molecule has 0 amide bonds. The minimum atomic E-state index is 0.521. The number of nitrogens with zero attached hydrogens (tertiary/aromatic N) is 2. The van der Waals surface area contributed by atoms with Crippen LogP contribution in [0.15, 0.2) is 0 Å². The first-order chi connectivity index (χ1) is 9.92. The van der Waals surface area contributed by atoms with Crippen LogP contribution in [0.4, 0.5) is 0 Å². The predicted octanol–water partition coefficient (Wildman–Crippen LogP) is 1.32. The molecule has 4 heteroatoms. The van der Waals surface area contributed by atoms with Crippen molar-refractivity contribution in [3.63, 3.8) is 0 Å². The molecule has 0 aromatic rings. The third-order valence-corrected chi connectivity index (χ3v) is 5.16. The van der Waals surface area contributed by atoms with E-state index in [2.05, 4.69) is 15.1 Å². The van der Waals surface area contributed by atoms with E-state index in [1.807, 2.05) is 0 Å². The van der Waals surface area contributed by atoms with Gasteiger partial charge in [-0.1, -0.05) is 0 Å². The van der Waals surface area contributed by atoms with Crippen LogP contribution in [0.25, 0.3) is 0 Å². The summed E-state index contributed by atoms with van der Waals surface area (Å²) in [6.45, 7) is 9.74. The quantitative estimate of drug-likeness (QED) is 0.743. The largest absolute Gasteiger partial charge is 0.378 e. The smallest absolute Gasteiger partial charge is 0.0599 e. The highest BCUT2D eigenvalue weighted by Crippen LogP contribution is 2.20. The molecular formula is C16H31N3O. The number of piperidine rings is 1. The zero-order valence-electron chi connectivity index (χ0n) is 12.9. The minimum Gasteiger partial charge on any atom is -0.378 e. The summed E-state index contributed by atoms with van der Waals surface area (Å²) in [7, 11) is 0. The molecule has 3 heterocycles. The summed E-state index contributed by atoms with van der Waals surface area (Å²) in [6, 6.07) is 0.850. The number of likely N-dealkylation sites (tertiary alicyclic amines) is 2. The maximum atomic E-state index is 5.99. The molecule has 1 atom stereocenters. The summed E-state index contributed by atoms with van der Waals surface area (Å²) in [5.41, 5.74) is 0. The van der Waals surface area contributed by atoms with Crippen LogP contribution < -0.4 is 5.32 Å². The molecule has 116 valence electrons. The summed E-state index contributed by atoms with van der Waals surface area (Å²) in [4.78, 5) is 5.36. The number of hydrogen-bond donors (Lipinski definition) is 1. The SMILES string of the molecule is C(COC1CCNCC1)CN1CCC(N2CCCC2)C1. The van der Waals surface area contributed by atoms with E-state index in [-0.39, 0.29) is 0 Å². The first kappa shape index (κ1) is 14.8. The Bertz CT molecular complexity index is 275. The average molecular weight is 281 g/mol. The molecule has 0 aliphatic carbocycles. The molecule has 3 aliphatic rings. The highest BCUT2D eigenvalue weighted by Gasteiger charge is 2.28. The Morgan fingerprint density at radius 3 is 2.60 bits per heavy atom. The van der Waals surface area contributed by atoms with Crippen LogP contribution in [-0.4, -0.2) is 74.4 Å². The fraction of sp³-hybridized carbons (Fsp3) is 1.00. The van der Waals surface area contributed by atoms with Crippen LogP contribution in [0.3, 0.4) is 0 Å². The minimum absolute atomic E-state index is 0.521. The lowest BCUT2D eigenvalue weighted by Crippen LogP contribution is -2.36. The Morgan fingerprint density at radius 2 is 1.80 bits per heavy atom. The number of ether oxygens (including phenoxy) is 1. The van der Waals surface area contributed by atoms with Crippen molar-refractivity contribution in [2.45, 2.75) is 50.7 Å². The van der Waals surface area contributed by atoms with Gasteiger partial charge < -0.3 is 15.0 Å². The average Bonchev–Trinajstić information content (AvgIpc) is 3.15. The zero-order valence-corrected chi connectivity index (χ0v) is 12.9. The molecule has 1 unspecified atom stereocenters. The van der Waals surface area contributed by atoms with Crippen molar-refractivity contribution in [1.29, 1.82) is 0 Å². The number of nitrogens with one attached hydrogen (secondary N) is 1. The highest BCUT2D eigenvalue weighted by atomic mass is 16.5. The molecule has 3 aliphatic heterocycles. The third-order valence-electron chi connectivity index (χ3n) is 5.16. The molecule has 0 aromatic carbocycles. The van der Waals surface area contributed by atoms with Crippen LogP contribution in [0, 0.1) is 0 Å².